The van der Waals surface area contributed by atoms with Gasteiger partial charge in [0.2, 0.25) is 0 Å². The van der Waals surface area contributed by atoms with E-state index in [1.54, 1.807) is 25.4 Å². The summed E-state index contributed by atoms with van der Waals surface area (Å²) in [5.41, 5.74) is 4.30. The van der Waals surface area contributed by atoms with E-state index in [9.17, 15) is 4.79 Å². The second-order valence-corrected chi connectivity index (χ2v) is 8.66. The Kier molecular flexibility index (Phi) is 4.91. The van der Waals surface area contributed by atoms with Crippen LogP contribution in [0.1, 0.15) is 30.9 Å². The number of likely N-dealkylation sites (tertiary alicyclic amines) is 1. The molecular formula is C26H25N3O4. The number of aromatic amines is 1. The van der Waals surface area contributed by atoms with E-state index in [-0.39, 0.29) is 5.43 Å². The SMILES string of the molecule is COc1cc2[nH]c(-c3ccc4c(c3)C(N3CCCC3)CCO4)cc(=O)c2cc1-c1cnco1. The summed E-state index contributed by atoms with van der Waals surface area (Å²) in [6.45, 7) is 3.01. The number of pyridine rings is 1. The molecule has 1 saturated heterocycles. The van der Waals surface area contributed by atoms with Crippen LogP contribution in [0.3, 0.4) is 0 Å². The molecule has 7 nitrogen and oxygen atoms in total. The Morgan fingerprint density at radius 3 is 2.82 bits per heavy atom. The molecule has 1 atom stereocenters. The predicted octanol–water partition coefficient (Wildman–Crippen LogP) is 4.78. The van der Waals surface area contributed by atoms with Gasteiger partial charge in [0.15, 0.2) is 17.6 Å². The van der Waals surface area contributed by atoms with Gasteiger partial charge in [0, 0.05) is 41.2 Å². The van der Waals surface area contributed by atoms with Crippen LogP contribution in [0, 0.1) is 0 Å². The van der Waals surface area contributed by atoms with Crippen LogP contribution in [0.25, 0.3) is 33.5 Å². The zero-order valence-corrected chi connectivity index (χ0v) is 18.5. The van der Waals surface area contributed by atoms with E-state index >= 15 is 0 Å². The number of hydrogen-bond acceptors (Lipinski definition) is 6. The molecule has 0 bridgehead atoms. The summed E-state index contributed by atoms with van der Waals surface area (Å²) in [4.78, 5) is 23.1. The monoisotopic (exact) mass is 443 g/mol. The average molecular weight is 444 g/mol. The third-order valence-electron chi connectivity index (χ3n) is 6.76. The van der Waals surface area contributed by atoms with E-state index in [0.29, 0.717) is 34.0 Å². The molecule has 168 valence electrons. The molecule has 2 aromatic heterocycles. The largest absolute Gasteiger partial charge is 0.496 e. The second kappa shape index (κ2) is 8.08. The summed E-state index contributed by atoms with van der Waals surface area (Å²) in [5, 5.41) is 0.571. The Labute approximate surface area is 191 Å². The minimum atomic E-state index is -0.0627. The van der Waals surface area contributed by atoms with E-state index in [1.807, 2.05) is 18.2 Å². The van der Waals surface area contributed by atoms with Gasteiger partial charge in [-0.05, 0) is 55.8 Å². The van der Waals surface area contributed by atoms with Gasteiger partial charge >= 0.3 is 0 Å². The summed E-state index contributed by atoms with van der Waals surface area (Å²) in [5.74, 6) is 2.11. The van der Waals surface area contributed by atoms with Gasteiger partial charge in [-0.3, -0.25) is 9.69 Å². The maximum atomic E-state index is 13.1. The lowest BCUT2D eigenvalue weighted by molar-refractivity contribution is 0.166. The minimum absolute atomic E-state index is 0.0627. The van der Waals surface area contributed by atoms with Crippen LogP contribution < -0.4 is 14.9 Å². The van der Waals surface area contributed by atoms with Crippen molar-refractivity contribution in [2.75, 3.05) is 26.8 Å². The first kappa shape index (κ1) is 20.1. The second-order valence-electron chi connectivity index (χ2n) is 8.66. The first-order valence-electron chi connectivity index (χ1n) is 11.4. The summed E-state index contributed by atoms with van der Waals surface area (Å²) in [7, 11) is 1.60. The van der Waals surface area contributed by atoms with Crippen molar-refractivity contribution < 1.29 is 13.9 Å². The van der Waals surface area contributed by atoms with Crippen molar-refractivity contribution in [2.45, 2.75) is 25.3 Å². The van der Waals surface area contributed by atoms with Crippen LogP contribution in [0.5, 0.6) is 11.5 Å². The quantitative estimate of drug-likeness (QED) is 0.489. The van der Waals surface area contributed by atoms with E-state index < -0.39 is 0 Å². The van der Waals surface area contributed by atoms with Crippen molar-refractivity contribution in [3.05, 3.63) is 64.8 Å². The van der Waals surface area contributed by atoms with Crippen LogP contribution in [0.15, 0.2) is 58.2 Å². The van der Waals surface area contributed by atoms with Crippen molar-refractivity contribution in [1.82, 2.24) is 14.9 Å². The van der Waals surface area contributed by atoms with Crippen LogP contribution >= 0.6 is 0 Å². The molecule has 0 radical (unpaired) electrons. The Hall–Kier alpha value is -3.58. The van der Waals surface area contributed by atoms with Gasteiger partial charge < -0.3 is 18.9 Å². The van der Waals surface area contributed by atoms with Gasteiger partial charge in [-0.25, -0.2) is 4.98 Å². The van der Waals surface area contributed by atoms with E-state index in [4.69, 9.17) is 13.9 Å². The topological polar surface area (TPSA) is 80.6 Å². The molecule has 0 aliphatic carbocycles. The zero-order chi connectivity index (χ0) is 22.4. The Morgan fingerprint density at radius 2 is 2.03 bits per heavy atom. The minimum Gasteiger partial charge on any atom is -0.496 e. The molecule has 2 aromatic carbocycles. The van der Waals surface area contributed by atoms with Gasteiger partial charge in [0.05, 0.1) is 31.0 Å². The molecule has 0 saturated carbocycles. The molecule has 0 spiro atoms. The third kappa shape index (κ3) is 3.49. The lowest BCUT2D eigenvalue weighted by Crippen LogP contribution is -2.30. The Morgan fingerprint density at radius 1 is 1.15 bits per heavy atom. The average Bonchev–Trinajstić information content (AvgIpc) is 3.57. The molecule has 7 heteroatoms. The standard InChI is InChI=1S/C26H25N3O4/c1-31-25-13-21-17(11-19(25)26-14-27-15-33-26)23(30)12-20(28-21)16-4-5-24-18(10-16)22(6-9-32-24)29-7-2-3-8-29/h4-5,10-15,22H,2-3,6-9H2,1H3,(H,28,30). The number of hydrogen-bond donors (Lipinski definition) is 1. The summed E-state index contributed by atoms with van der Waals surface area (Å²) >= 11 is 0. The van der Waals surface area contributed by atoms with Gasteiger partial charge in [0.1, 0.15) is 11.5 Å². The smallest absolute Gasteiger partial charge is 0.190 e. The summed E-state index contributed by atoms with van der Waals surface area (Å²) in [6.07, 6.45) is 6.47. The number of fused-ring (bicyclic) bond motifs is 2. The van der Waals surface area contributed by atoms with E-state index in [2.05, 4.69) is 20.9 Å². The van der Waals surface area contributed by atoms with Crippen molar-refractivity contribution in [1.29, 1.82) is 0 Å². The van der Waals surface area contributed by atoms with Crippen molar-refractivity contribution in [2.24, 2.45) is 0 Å². The van der Waals surface area contributed by atoms with Crippen molar-refractivity contribution in [3.63, 3.8) is 0 Å². The van der Waals surface area contributed by atoms with Crippen molar-refractivity contribution in [3.8, 4) is 34.1 Å². The highest BCUT2D eigenvalue weighted by Gasteiger charge is 2.29. The highest BCUT2D eigenvalue weighted by molar-refractivity contribution is 5.88. The maximum Gasteiger partial charge on any atom is 0.190 e. The summed E-state index contributed by atoms with van der Waals surface area (Å²) in [6, 6.07) is 11.9. The number of nitrogens with one attached hydrogen (secondary N) is 1. The normalized spacial score (nSPS) is 18.3. The predicted molar refractivity (Wildman–Crippen MR) is 126 cm³/mol. The molecule has 2 aliphatic rings. The molecule has 1 N–H and O–H groups in total. The Bertz CT molecular complexity index is 1370. The van der Waals surface area contributed by atoms with Gasteiger partial charge in [-0.2, -0.15) is 0 Å². The molecule has 4 aromatic rings. The third-order valence-corrected chi connectivity index (χ3v) is 6.76. The molecule has 1 unspecified atom stereocenters. The number of oxazole rings is 1. The fourth-order valence-electron chi connectivity index (χ4n) is 5.12. The van der Waals surface area contributed by atoms with Crippen LogP contribution in [0.2, 0.25) is 0 Å². The summed E-state index contributed by atoms with van der Waals surface area (Å²) < 4.78 is 17.0. The molecule has 33 heavy (non-hydrogen) atoms. The lowest BCUT2D eigenvalue weighted by atomic mass is 9.95. The molecule has 1 fully saturated rings. The van der Waals surface area contributed by atoms with Crippen LogP contribution in [-0.4, -0.2) is 41.7 Å². The number of ether oxygens (including phenoxy) is 2. The number of benzene rings is 2. The first-order valence-corrected chi connectivity index (χ1v) is 11.4. The van der Waals surface area contributed by atoms with E-state index in [1.165, 1.54) is 24.8 Å². The number of aromatic nitrogens is 2. The number of H-pyrrole nitrogens is 1. The van der Waals surface area contributed by atoms with Gasteiger partial charge in [0.25, 0.3) is 0 Å². The Balaban J connectivity index is 1.45. The number of nitrogens with zero attached hydrogens (tertiary/aromatic N) is 2. The highest BCUT2D eigenvalue weighted by Crippen LogP contribution is 2.40. The highest BCUT2D eigenvalue weighted by atomic mass is 16.5. The molecular weight excluding hydrogens is 418 g/mol. The molecule has 4 heterocycles. The number of rotatable bonds is 4. The number of methoxy groups -OCH3 is 1. The molecule has 2 aliphatic heterocycles. The first-order chi connectivity index (χ1) is 16.2. The van der Waals surface area contributed by atoms with Gasteiger partial charge in [-0.1, -0.05) is 0 Å². The van der Waals surface area contributed by atoms with Crippen LogP contribution in [-0.2, 0) is 0 Å². The maximum absolute atomic E-state index is 13.1. The van der Waals surface area contributed by atoms with Crippen molar-refractivity contribution >= 4 is 10.9 Å². The fraction of sp³-hybridized carbons (Fsp3) is 0.308. The molecule has 6 rings (SSSR count). The zero-order valence-electron chi connectivity index (χ0n) is 18.5. The molecule has 0 amide bonds. The van der Waals surface area contributed by atoms with Gasteiger partial charge in [-0.15, -0.1) is 0 Å². The van der Waals surface area contributed by atoms with E-state index in [0.717, 1.165) is 43.1 Å². The fourth-order valence-corrected chi connectivity index (χ4v) is 5.12. The van der Waals surface area contributed by atoms with Crippen LogP contribution in [0.4, 0.5) is 0 Å². The lowest BCUT2D eigenvalue weighted by Gasteiger charge is -2.33.